The first-order chi connectivity index (χ1) is 8.99. The van der Waals surface area contributed by atoms with Crippen molar-refractivity contribution in [2.45, 2.75) is 13.8 Å². The molecule has 2 aromatic carbocycles. The average molecular weight is 256 g/mol. The summed E-state index contributed by atoms with van der Waals surface area (Å²) >= 11 is 0. The van der Waals surface area contributed by atoms with Crippen LogP contribution in [0.1, 0.15) is 21.5 Å². The van der Waals surface area contributed by atoms with E-state index in [1.807, 2.05) is 32.0 Å². The number of anilines is 1. The van der Waals surface area contributed by atoms with E-state index in [1.165, 1.54) is 0 Å². The molecule has 0 aliphatic heterocycles. The molecule has 4 heteroatoms. The zero-order chi connectivity index (χ0) is 14.0. The Labute approximate surface area is 112 Å². The molecule has 0 heterocycles. The minimum Gasteiger partial charge on any atom is -0.455 e. The van der Waals surface area contributed by atoms with E-state index in [-0.39, 0.29) is 11.3 Å². The van der Waals surface area contributed by atoms with Crippen LogP contribution in [0.15, 0.2) is 36.4 Å². The lowest BCUT2D eigenvalue weighted by Gasteiger charge is -2.12. The fraction of sp³-hybridized carbons (Fsp3) is 0.133. The Bertz CT molecular complexity index is 636. The fourth-order valence-electron chi connectivity index (χ4n) is 1.88. The highest BCUT2D eigenvalue weighted by Gasteiger charge is 2.11. The number of nitrogen functional groups attached to an aromatic ring is 1. The van der Waals surface area contributed by atoms with Crippen LogP contribution in [-0.4, -0.2) is 5.91 Å². The molecule has 0 aromatic heterocycles. The van der Waals surface area contributed by atoms with Gasteiger partial charge in [0.2, 0.25) is 0 Å². The van der Waals surface area contributed by atoms with E-state index in [1.54, 1.807) is 18.2 Å². The van der Waals surface area contributed by atoms with Crippen molar-refractivity contribution in [2.75, 3.05) is 5.73 Å². The number of carbonyl (C=O) groups excluding carboxylic acids is 1. The molecule has 98 valence electrons. The van der Waals surface area contributed by atoms with E-state index >= 15 is 0 Å². The van der Waals surface area contributed by atoms with Gasteiger partial charge < -0.3 is 16.2 Å². The largest absolute Gasteiger partial charge is 0.455 e. The summed E-state index contributed by atoms with van der Waals surface area (Å²) < 4.78 is 5.75. The first kappa shape index (κ1) is 13.0. The highest BCUT2D eigenvalue weighted by atomic mass is 16.5. The SMILES string of the molecule is Cc1ccc(Oc2cccc(C(N)=O)c2N)c(C)c1. The van der Waals surface area contributed by atoms with Crippen LogP contribution in [0.4, 0.5) is 5.69 Å². The third-order valence-electron chi connectivity index (χ3n) is 2.88. The van der Waals surface area contributed by atoms with Crippen LogP contribution in [0.5, 0.6) is 11.5 Å². The number of benzene rings is 2. The molecule has 0 aliphatic carbocycles. The predicted molar refractivity (Wildman–Crippen MR) is 75.4 cm³/mol. The van der Waals surface area contributed by atoms with Gasteiger partial charge in [0.15, 0.2) is 5.75 Å². The molecular weight excluding hydrogens is 240 g/mol. The molecule has 0 aliphatic rings. The Morgan fingerprint density at radius 1 is 1.11 bits per heavy atom. The number of hydrogen-bond donors (Lipinski definition) is 2. The Kier molecular flexibility index (Phi) is 3.42. The maximum absolute atomic E-state index is 11.2. The molecule has 1 amide bonds. The highest BCUT2D eigenvalue weighted by Crippen LogP contribution is 2.31. The number of rotatable bonds is 3. The van der Waals surface area contributed by atoms with Gasteiger partial charge in [0.05, 0.1) is 11.3 Å². The number of nitrogens with two attached hydrogens (primary N) is 2. The third kappa shape index (κ3) is 2.68. The lowest BCUT2D eigenvalue weighted by atomic mass is 10.1. The van der Waals surface area contributed by atoms with E-state index in [9.17, 15) is 4.79 Å². The van der Waals surface area contributed by atoms with Crippen molar-refractivity contribution >= 4 is 11.6 Å². The summed E-state index contributed by atoms with van der Waals surface area (Å²) in [6.07, 6.45) is 0. The summed E-state index contributed by atoms with van der Waals surface area (Å²) in [6.45, 7) is 3.97. The first-order valence-corrected chi connectivity index (χ1v) is 5.92. The van der Waals surface area contributed by atoms with E-state index in [2.05, 4.69) is 0 Å². The van der Waals surface area contributed by atoms with Gasteiger partial charge in [-0.25, -0.2) is 0 Å². The van der Waals surface area contributed by atoms with Gasteiger partial charge in [-0.05, 0) is 37.6 Å². The van der Waals surface area contributed by atoms with Crippen LogP contribution >= 0.6 is 0 Å². The smallest absolute Gasteiger partial charge is 0.250 e. The van der Waals surface area contributed by atoms with Gasteiger partial charge in [0.25, 0.3) is 5.91 Å². The van der Waals surface area contributed by atoms with Crippen molar-refractivity contribution in [2.24, 2.45) is 5.73 Å². The van der Waals surface area contributed by atoms with Crippen molar-refractivity contribution in [3.05, 3.63) is 53.1 Å². The summed E-state index contributed by atoms with van der Waals surface area (Å²) in [4.78, 5) is 11.2. The Morgan fingerprint density at radius 2 is 1.84 bits per heavy atom. The number of ether oxygens (including phenoxy) is 1. The van der Waals surface area contributed by atoms with Crippen LogP contribution in [0, 0.1) is 13.8 Å². The minimum absolute atomic E-state index is 0.259. The van der Waals surface area contributed by atoms with E-state index in [0.717, 1.165) is 11.1 Å². The summed E-state index contributed by atoms with van der Waals surface area (Å²) in [5, 5.41) is 0. The Hall–Kier alpha value is -2.49. The van der Waals surface area contributed by atoms with Gasteiger partial charge in [-0.1, -0.05) is 23.8 Å². The number of carbonyl (C=O) groups is 1. The van der Waals surface area contributed by atoms with Gasteiger partial charge in [-0.3, -0.25) is 4.79 Å². The summed E-state index contributed by atoms with van der Waals surface area (Å²) in [7, 11) is 0. The lowest BCUT2D eigenvalue weighted by molar-refractivity contribution is 0.100. The molecule has 4 nitrogen and oxygen atoms in total. The van der Waals surface area contributed by atoms with Crippen molar-refractivity contribution in [3.63, 3.8) is 0 Å². The van der Waals surface area contributed by atoms with E-state index in [0.29, 0.717) is 11.5 Å². The molecule has 0 fully saturated rings. The molecule has 2 rings (SSSR count). The number of aryl methyl sites for hydroxylation is 2. The van der Waals surface area contributed by atoms with Crippen molar-refractivity contribution in [3.8, 4) is 11.5 Å². The quantitative estimate of drug-likeness (QED) is 0.829. The van der Waals surface area contributed by atoms with Crippen LogP contribution < -0.4 is 16.2 Å². The lowest BCUT2D eigenvalue weighted by Crippen LogP contribution is -2.13. The summed E-state index contributed by atoms with van der Waals surface area (Å²) in [5.74, 6) is 0.575. The van der Waals surface area contributed by atoms with Gasteiger partial charge >= 0.3 is 0 Å². The van der Waals surface area contributed by atoms with Crippen LogP contribution in [-0.2, 0) is 0 Å². The van der Waals surface area contributed by atoms with Crippen molar-refractivity contribution in [1.29, 1.82) is 0 Å². The molecule has 0 bridgehead atoms. The monoisotopic (exact) mass is 256 g/mol. The average Bonchev–Trinajstić information content (AvgIpc) is 2.34. The van der Waals surface area contributed by atoms with Crippen LogP contribution in [0.3, 0.4) is 0 Å². The zero-order valence-corrected chi connectivity index (χ0v) is 10.9. The fourth-order valence-corrected chi connectivity index (χ4v) is 1.88. The second-order valence-electron chi connectivity index (χ2n) is 4.45. The minimum atomic E-state index is -0.566. The van der Waals surface area contributed by atoms with Gasteiger partial charge in [0.1, 0.15) is 5.75 Å². The number of hydrogen-bond acceptors (Lipinski definition) is 3. The summed E-state index contributed by atoms with van der Waals surface area (Å²) in [5.41, 5.74) is 13.8. The van der Waals surface area contributed by atoms with E-state index < -0.39 is 5.91 Å². The normalized spacial score (nSPS) is 10.2. The second-order valence-corrected chi connectivity index (χ2v) is 4.45. The van der Waals surface area contributed by atoms with Crippen molar-refractivity contribution < 1.29 is 9.53 Å². The molecule has 0 atom stereocenters. The molecule has 0 saturated heterocycles. The molecule has 19 heavy (non-hydrogen) atoms. The molecule has 0 saturated carbocycles. The Morgan fingerprint density at radius 3 is 2.47 bits per heavy atom. The highest BCUT2D eigenvalue weighted by molar-refractivity contribution is 5.99. The number of amides is 1. The topological polar surface area (TPSA) is 78.3 Å². The predicted octanol–water partition coefficient (Wildman–Crippen LogP) is 2.78. The molecule has 0 radical (unpaired) electrons. The second kappa shape index (κ2) is 5.02. The standard InChI is InChI=1S/C15H16N2O2/c1-9-6-7-12(10(2)8-9)19-13-5-3-4-11(14(13)16)15(17)18/h3-8H,16H2,1-2H3,(H2,17,18). The molecule has 4 N–H and O–H groups in total. The number of primary amides is 1. The van der Waals surface area contributed by atoms with E-state index in [4.69, 9.17) is 16.2 Å². The molecule has 2 aromatic rings. The van der Waals surface area contributed by atoms with Crippen molar-refractivity contribution in [1.82, 2.24) is 0 Å². The number of para-hydroxylation sites is 1. The van der Waals surface area contributed by atoms with Gasteiger partial charge in [-0.15, -0.1) is 0 Å². The first-order valence-electron chi connectivity index (χ1n) is 5.92. The maximum atomic E-state index is 11.2. The molecular formula is C15H16N2O2. The van der Waals surface area contributed by atoms with Gasteiger partial charge in [-0.2, -0.15) is 0 Å². The van der Waals surface area contributed by atoms with Gasteiger partial charge in [0, 0.05) is 0 Å². The van der Waals surface area contributed by atoms with Crippen LogP contribution in [0.25, 0.3) is 0 Å². The zero-order valence-electron chi connectivity index (χ0n) is 10.9. The third-order valence-corrected chi connectivity index (χ3v) is 2.88. The Balaban J connectivity index is 2.38. The molecule has 0 spiro atoms. The molecule has 0 unspecified atom stereocenters. The maximum Gasteiger partial charge on any atom is 0.250 e. The van der Waals surface area contributed by atoms with Crippen LogP contribution in [0.2, 0.25) is 0 Å². The summed E-state index contributed by atoms with van der Waals surface area (Å²) in [6, 6.07) is 10.8.